The molecule has 1 saturated carbocycles. The fraction of sp³-hybridized carbons (Fsp3) is 0.778. The van der Waals surface area contributed by atoms with Gasteiger partial charge in [0.2, 0.25) is 0 Å². The van der Waals surface area contributed by atoms with Crippen LogP contribution < -0.4 is 5.32 Å². The van der Waals surface area contributed by atoms with Crippen molar-refractivity contribution in [1.29, 1.82) is 0 Å². The topological polar surface area (TPSA) is 12.0 Å². The van der Waals surface area contributed by atoms with Crippen molar-refractivity contribution in [2.45, 2.75) is 71.8 Å². The van der Waals surface area contributed by atoms with Crippen LogP contribution >= 0.6 is 11.3 Å². The van der Waals surface area contributed by atoms with Crippen LogP contribution in [0.25, 0.3) is 0 Å². The summed E-state index contributed by atoms with van der Waals surface area (Å²) in [5.74, 6) is 1.78. The van der Waals surface area contributed by atoms with E-state index >= 15 is 0 Å². The molecule has 0 aromatic carbocycles. The Morgan fingerprint density at radius 3 is 2.45 bits per heavy atom. The Kier molecular flexibility index (Phi) is 6.57. The summed E-state index contributed by atoms with van der Waals surface area (Å²) in [5.41, 5.74) is 0. The Bertz CT molecular complexity index is 383. The minimum absolute atomic E-state index is 0.618. The molecule has 2 rings (SSSR count). The number of thiophene rings is 1. The largest absolute Gasteiger partial charge is 0.314 e. The quantitative estimate of drug-likeness (QED) is 0.724. The van der Waals surface area contributed by atoms with Crippen molar-refractivity contribution < 1.29 is 0 Å². The third-order valence-electron chi connectivity index (χ3n) is 4.63. The summed E-state index contributed by atoms with van der Waals surface area (Å²) in [7, 11) is 0. The van der Waals surface area contributed by atoms with E-state index in [2.05, 4.69) is 38.2 Å². The SMILES string of the molecule is CCc1ccc(CC2CCCCCC2CNC(C)C)s1. The highest BCUT2D eigenvalue weighted by molar-refractivity contribution is 7.11. The van der Waals surface area contributed by atoms with Crippen LogP contribution in [-0.4, -0.2) is 12.6 Å². The first kappa shape index (κ1) is 16.0. The molecule has 1 aliphatic carbocycles. The Morgan fingerprint density at radius 2 is 1.80 bits per heavy atom. The maximum absolute atomic E-state index is 3.68. The minimum Gasteiger partial charge on any atom is -0.314 e. The van der Waals surface area contributed by atoms with Crippen molar-refractivity contribution in [2.75, 3.05) is 6.54 Å². The monoisotopic (exact) mass is 293 g/mol. The van der Waals surface area contributed by atoms with Gasteiger partial charge in [0.05, 0.1) is 0 Å². The molecule has 2 atom stereocenters. The first-order valence-corrected chi connectivity index (χ1v) is 9.31. The molecule has 0 radical (unpaired) electrons. The van der Waals surface area contributed by atoms with Gasteiger partial charge in [-0.05, 0) is 56.2 Å². The second-order valence-electron chi connectivity index (χ2n) is 6.65. The first-order valence-electron chi connectivity index (χ1n) is 8.50. The van der Waals surface area contributed by atoms with Crippen LogP contribution in [0.5, 0.6) is 0 Å². The van der Waals surface area contributed by atoms with Gasteiger partial charge >= 0.3 is 0 Å². The van der Waals surface area contributed by atoms with Crippen molar-refractivity contribution in [2.24, 2.45) is 11.8 Å². The normalized spacial score (nSPS) is 24.0. The summed E-state index contributed by atoms with van der Waals surface area (Å²) in [6, 6.07) is 5.33. The van der Waals surface area contributed by atoms with Crippen molar-refractivity contribution in [1.82, 2.24) is 5.32 Å². The van der Waals surface area contributed by atoms with E-state index in [1.54, 1.807) is 9.75 Å². The van der Waals surface area contributed by atoms with E-state index < -0.39 is 0 Å². The molecule has 114 valence electrons. The van der Waals surface area contributed by atoms with Gasteiger partial charge in [-0.2, -0.15) is 0 Å². The molecule has 1 aromatic heterocycles. The van der Waals surface area contributed by atoms with E-state index in [0.717, 1.165) is 11.8 Å². The lowest BCUT2D eigenvalue weighted by Crippen LogP contribution is -2.32. The third-order valence-corrected chi connectivity index (χ3v) is 5.89. The number of nitrogens with one attached hydrogen (secondary N) is 1. The standard InChI is InChI=1S/C18H31NS/c1-4-17-10-11-18(20-17)12-15-8-6-5-7-9-16(15)13-19-14(2)3/h10-11,14-16,19H,4-9,12-13H2,1-3H3. The zero-order valence-corrected chi connectivity index (χ0v) is 14.3. The van der Waals surface area contributed by atoms with E-state index in [1.807, 2.05) is 11.3 Å². The summed E-state index contributed by atoms with van der Waals surface area (Å²) in [6.07, 6.45) is 9.68. The lowest BCUT2D eigenvalue weighted by atomic mass is 9.85. The van der Waals surface area contributed by atoms with Crippen LogP contribution in [0, 0.1) is 11.8 Å². The van der Waals surface area contributed by atoms with Gasteiger partial charge in [-0.15, -0.1) is 11.3 Å². The molecule has 20 heavy (non-hydrogen) atoms. The number of hydrogen-bond donors (Lipinski definition) is 1. The average molecular weight is 294 g/mol. The maximum Gasteiger partial charge on any atom is 0.00510 e. The molecule has 1 N–H and O–H groups in total. The van der Waals surface area contributed by atoms with Crippen molar-refractivity contribution in [3.8, 4) is 0 Å². The predicted molar refractivity (Wildman–Crippen MR) is 90.6 cm³/mol. The lowest BCUT2D eigenvalue weighted by molar-refractivity contribution is 0.292. The second-order valence-corrected chi connectivity index (χ2v) is 7.90. The molecule has 0 saturated heterocycles. The maximum atomic E-state index is 3.68. The molecule has 0 amide bonds. The van der Waals surface area contributed by atoms with Crippen LogP contribution in [0.15, 0.2) is 12.1 Å². The van der Waals surface area contributed by atoms with E-state index in [1.165, 1.54) is 51.5 Å². The summed E-state index contributed by atoms with van der Waals surface area (Å²) in [4.78, 5) is 3.16. The molecule has 1 aromatic rings. The van der Waals surface area contributed by atoms with E-state index in [0.29, 0.717) is 6.04 Å². The molecule has 0 bridgehead atoms. The molecule has 1 heterocycles. The molecule has 1 aliphatic rings. The lowest BCUT2D eigenvalue weighted by Gasteiger charge is -2.26. The van der Waals surface area contributed by atoms with Gasteiger partial charge in [-0.25, -0.2) is 0 Å². The molecule has 2 unspecified atom stereocenters. The average Bonchev–Trinajstić information content (AvgIpc) is 2.76. The summed E-state index contributed by atoms with van der Waals surface area (Å²) in [6.45, 7) is 8.00. The molecular formula is C18H31NS. The zero-order chi connectivity index (χ0) is 14.4. The van der Waals surface area contributed by atoms with Crippen molar-refractivity contribution >= 4 is 11.3 Å². The zero-order valence-electron chi connectivity index (χ0n) is 13.5. The highest BCUT2D eigenvalue weighted by Crippen LogP contribution is 2.33. The highest BCUT2D eigenvalue weighted by Gasteiger charge is 2.24. The first-order chi connectivity index (χ1) is 9.69. The van der Waals surface area contributed by atoms with Gasteiger partial charge in [0.1, 0.15) is 0 Å². The van der Waals surface area contributed by atoms with Crippen LogP contribution in [0.4, 0.5) is 0 Å². The predicted octanol–water partition coefficient (Wildman–Crippen LogP) is 5.05. The second kappa shape index (κ2) is 8.19. The van der Waals surface area contributed by atoms with E-state index in [4.69, 9.17) is 0 Å². The number of rotatable bonds is 6. The van der Waals surface area contributed by atoms with Crippen LogP contribution in [-0.2, 0) is 12.8 Å². The van der Waals surface area contributed by atoms with Crippen LogP contribution in [0.2, 0.25) is 0 Å². The van der Waals surface area contributed by atoms with Crippen LogP contribution in [0.1, 0.15) is 62.6 Å². The minimum atomic E-state index is 0.618. The van der Waals surface area contributed by atoms with E-state index in [-0.39, 0.29) is 0 Å². The smallest absolute Gasteiger partial charge is 0.00510 e. The molecule has 0 spiro atoms. The fourth-order valence-electron chi connectivity index (χ4n) is 3.37. The van der Waals surface area contributed by atoms with E-state index in [9.17, 15) is 0 Å². The van der Waals surface area contributed by atoms with Gasteiger partial charge in [0.25, 0.3) is 0 Å². The molecule has 2 heteroatoms. The Hall–Kier alpha value is -0.340. The van der Waals surface area contributed by atoms with Gasteiger partial charge in [-0.1, -0.05) is 40.0 Å². The van der Waals surface area contributed by atoms with Gasteiger partial charge < -0.3 is 5.32 Å². The Balaban J connectivity index is 1.96. The molecular weight excluding hydrogens is 262 g/mol. The third kappa shape index (κ3) is 4.89. The fourth-order valence-corrected chi connectivity index (χ4v) is 4.42. The molecule has 1 fully saturated rings. The van der Waals surface area contributed by atoms with Crippen molar-refractivity contribution in [3.05, 3.63) is 21.9 Å². The summed E-state index contributed by atoms with van der Waals surface area (Å²) in [5, 5.41) is 3.68. The summed E-state index contributed by atoms with van der Waals surface area (Å²) < 4.78 is 0. The highest BCUT2D eigenvalue weighted by atomic mass is 32.1. The van der Waals surface area contributed by atoms with Gasteiger partial charge in [0.15, 0.2) is 0 Å². The number of aryl methyl sites for hydroxylation is 1. The number of hydrogen-bond acceptors (Lipinski definition) is 2. The Morgan fingerprint density at radius 1 is 1.10 bits per heavy atom. The Labute approximate surface area is 129 Å². The van der Waals surface area contributed by atoms with Gasteiger partial charge in [-0.3, -0.25) is 0 Å². The van der Waals surface area contributed by atoms with Gasteiger partial charge in [0, 0.05) is 15.8 Å². The molecule has 0 aliphatic heterocycles. The summed E-state index contributed by atoms with van der Waals surface area (Å²) >= 11 is 2.04. The van der Waals surface area contributed by atoms with Crippen LogP contribution in [0.3, 0.4) is 0 Å². The molecule has 1 nitrogen and oxygen atoms in total. The van der Waals surface area contributed by atoms with Crippen molar-refractivity contribution in [3.63, 3.8) is 0 Å².